The summed E-state index contributed by atoms with van der Waals surface area (Å²) in [7, 11) is 0. The Labute approximate surface area is 361 Å². The average molecular weight is 806 g/mol. The van der Waals surface area contributed by atoms with Crippen LogP contribution in [0.4, 0.5) is 0 Å². The maximum Gasteiger partial charge on any atom is 0.164 e. The molecule has 0 unspecified atom stereocenters. The minimum atomic E-state index is 0.570. The van der Waals surface area contributed by atoms with Crippen molar-refractivity contribution in [2.24, 2.45) is 0 Å². The lowest BCUT2D eigenvalue weighted by molar-refractivity contribution is 0.669. The van der Waals surface area contributed by atoms with E-state index >= 15 is 0 Å². The highest BCUT2D eigenvalue weighted by atomic mass is 16.3. The molecular weight excluding hydrogens is 771 g/mol. The zero-order valence-corrected chi connectivity index (χ0v) is 33.9. The van der Waals surface area contributed by atoms with Crippen molar-refractivity contribution in [3.05, 3.63) is 212 Å². The summed E-state index contributed by atoms with van der Waals surface area (Å²) >= 11 is 0. The largest absolute Gasteiger partial charge is 0.456 e. The Bertz CT molecular complexity index is 3900. The number of fused-ring (bicyclic) bond motifs is 10. The van der Waals surface area contributed by atoms with Gasteiger partial charge in [-0.25, -0.2) is 15.0 Å². The Morgan fingerprint density at radius 3 is 1.48 bits per heavy atom. The van der Waals surface area contributed by atoms with Crippen LogP contribution in [0.5, 0.6) is 0 Å². The summed E-state index contributed by atoms with van der Waals surface area (Å²) in [4.78, 5) is 15.5. The van der Waals surface area contributed by atoms with Crippen LogP contribution >= 0.6 is 0 Å². The van der Waals surface area contributed by atoms with Crippen molar-refractivity contribution in [3.63, 3.8) is 0 Å². The number of hydrogen-bond acceptors (Lipinski definition) is 4. The molecular formula is C57H35N5O. The molecule has 0 aliphatic rings. The fraction of sp³-hybridized carbons (Fsp3) is 0. The van der Waals surface area contributed by atoms with Gasteiger partial charge < -0.3 is 13.6 Å². The molecule has 6 nitrogen and oxygen atoms in total. The van der Waals surface area contributed by atoms with Gasteiger partial charge in [0.25, 0.3) is 0 Å². The van der Waals surface area contributed by atoms with Crippen LogP contribution in [-0.2, 0) is 0 Å². The van der Waals surface area contributed by atoms with E-state index in [0.717, 1.165) is 77.7 Å². The first-order chi connectivity index (χ1) is 31.2. The molecule has 9 aromatic carbocycles. The maximum absolute atomic E-state index is 6.54. The normalized spacial score (nSPS) is 11.8. The van der Waals surface area contributed by atoms with E-state index in [9.17, 15) is 0 Å². The van der Waals surface area contributed by atoms with E-state index in [4.69, 9.17) is 19.4 Å². The third-order valence-corrected chi connectivity index (χ3v) is 12.4. The Morgan fingerprint density at radius 2 is 0.810 bits per heavy atom. The SMILES string of the molecule is c1ccc(-c2nc(-c3cccc(-n4c5ccccc5c5ccc6c7ccccc7n(-c7ccccc7)c6c54)c3)nc(-c3ccc4c(c3)oc3cccc(-c5ccccc5)c34)n2)cc1. The first-order valence-corrected chi connectivity index (χ1v) is 21.2. The van der Waals surface area contributed by atoms with Gasteiger partial charge in [-0.15, -0.1) is 0 Å². The Morgan fingerprint density at radius 1 is 0.317 bits per heavy atom. The average Bonchev–Trinajstić information content (AvgIpc) is 4.02. The van der Waals surface area contributed by atoms with Crippen molar-refractivity contribution in [2.75, 3.05) is 0 Å². The number of furan rings is 1. The lowest BCUT2D eigenvalue weighted by atomic mass is 9.99. The monoisotopic (exact) mass is 805 g/mol. The second-order valence-electron chi connectivity index (χ2n) is 16.0. The van der Waals surface area contributed by atoms with Crippen LogP contribution < -0.4 is 0 Å². The molecule has 13 rings (SSSR count). The van der Waals surface area contributed by atoms with E-state index in [2.05, 4.69) is 179 Å². The molecule has 63 heavy (non-hydrogen) atoms. The van der Waals surface area contributed by atoms with Gasteiger partial charge in [0.15, 0.2) is 17.5 Å². The summed E-state index contributed by atoms with van der Waals surface area (Å²) in [6, 6.07) is 74.4. The standard InChI is InChI=1S/C57H35N5O/c1-4-16-36(17-5-1)42-26-15-29-50-52(42)47-31-30-39(35-51(47)63-50)57-59-55(37-18-6-2-7-19-37)58-56(60-57)38-20-14-23-41(34-38)62-49-28-13-11-25-44(49)46-33-32-45-43-24-10-12-27-48(43)61(53(45)54(46)62)40-21-8-3-9-22-40/h1-35H. The molecule has 0 radical (unpaired) electrons. The highest BCUT2D eigenvalue weighted by molar-refractivity contribution is 6.24. The van der Waals surface area contributed by atoms with Crippen LogP contribution in [0, 0.1) is 0 Å². The fourth-order valence-corrected chi connectivity index (χ4v) is 9.57. The van der Waals surface area contributed by atoms with E-state index in [1.54, 1.807) is 0 Å². The van der Waals surface area contributed by atoms with Crippen LogP contribution in [0.1, 0.15) is 0 Å². The predicted molar refractivity (Wildman–Crippen MR) is 258 cm³/mol. The molecule has 0 saturated carbocycles. The van der Waals surface area contributed by atoms with Gasteiger partial charge in [-0.3, -0.25) is 0 Å². The molecule has 0 aliphatic heterocycles. The number of aromatic nitrogens is 5. The highest BCUT2D eigenvalue weighted by Crippen LogP contribution is 2.43. The Balaban J connectivity index is 1.02. The summed E-state index contributed by atoms with van der Waals surface area (Å²) in [6.45, 7) is 0. The number of benzene rings is 9. The molecule has 6 heteroatoms. The third-order valence-electron chi connectivity index (χ3n) is 12.4. The minimum Gasteiger partial charge on any atom is -0.456 e. The maximum atomic E-state index is 6.54. The molecule has 0 atom stereocenters. The highest BCUT2D eigenvalue weighted by Gasteiger charge is 2.22. The van der Waals surface area contributed by atoms with Crippen LogP contribution in [0.25, 0.3) is 122 Å². The van der Waals surface area contributed by atoms with Gasteiger partial charge >= 0.3 is 0 Å². The van der Waals surface area contributed by atoms with Gasteiger partial charge in [-0.1, -0.05) is 158 Å². The molecule has 294 valence electrons. The van der Waals surface area contributed by atoms with Crippen LogP contribution in [0.3, 0.4) is 0 Å². The van der Waals surface area contributed by atoms with E-state index in [-0.39, 0.29) is 0 Å². The van der Waals surface area contributed by atoms with Gasteiger partial charge in [0.2, 0.25) is 0 Å². The Kier molecular flexibility index (Phi) is 7.80. The number of para-hydroxylation sites is 3. The summed E-state index contributed by atoms with van der Waals surface area (Å²) in [6.07, 6.45) is 0. The van der Waals surface area contributed by atoms with Gasteiger partial charge in [0, 0.05) is 60.4 Å². The van der Waals surface area contributed by atoms with Gasteiger partial charge in [0.1, 0.15) is 11.2 Å². The molecule has 0 spiro atoms. The van der Waals surface area contributed by atoms with Crippen LogP contribution in [0.2, 0.25) is 0 Å². The topological polar surface area (TPSA) is 61.7 Å². The molecule has 0 fully saturated rings. The molecule has 0 bridgehead atoms. The van der Waals surface area contributed by atoms with E-state index in [0.29, 0.717) is 17.5 Å². The summed E-state index contributed by atoms with van der Waals surface area (Å²) in [5, 5.41) is 6.94. The van der Waals surface area contributed by atoms with E-state index < -0.39 is 0 Å². The first kappa shape index (κ1) is 35.2. The zero-order valence-electron chi connectivity index (χ0n) is 33.9. The van der Waals surface area contributed by atoms with Crippen LogP contribution in [-0.4, -0.2) is 24.1 Å². The quantitative estimate of drug-likeness (QED) is 0.168. The van der Waals surface area contributed by atoms with E-state index in [1.165, 1.54) is 27.1 Å². The van der Waals surface area contributed by atoms with Gasteiger partial charge in [-0.05, 0) is 65.7 Å². The van der Waals surface area contributed by atoms with Crippen molar-refractivity contribution in [3.8, 4) is 56.7 Å². The predicted octanol–water partition coefficient (Wildman–Crippen LogP) is 14.6. The van der Waals surface area contributed by atoms with Crippen LogP contribution in [0.15, 0.2) is 217 Å². The molecule has 0 amide bonds. The van der Waals surface area contributed by atoms with Crippen molar-refractivity contribution in [2.45, 2.75) is 0 Å². The molecule has 4 aromatic heterocycles. The molecule has 0 saturated heterocycles. The van der Waals surface area contributed by atoms with Crippen molar-refractivity contribution < 1.29 is 4.42 Å². The van der Waals surface area contributed by atoms with Crippen molar-refractivity contribution >= 4 is 65.6 Å². The lowest BCUT2D eigenvalue weighted by Gasteiger charge is -2.14. The zero-order chi connectivity index (χ0) is 41.4. The second-order valence-corrected chi connectivity index (χ2v) is 16.0. The number of hydrogen-bond donors (Lipinski definition) is 0. The lowest BCUT2D eigenvalue weighted by Crippen LogP contribution is -2.01. The molecule has 0 N–H and O–H groups in total. The smallest absolute Gasteiger partial charge is 0.164 e. The molecule has 0 aliphatic carbocycles. The molecule has 4 heterocycles. The first-order valence-electron chi connectivity index (χ1n) is 21.2. The fourth-order valence-electron chi connectivity index (χ4n) is 9.57. The molecule has 13 aromatic rings. The summed E-state index contributed by atoms with van der Waals surface area (Å²) in [5.74, 6) is 1.75. The third kappa shape index (κ3) is 5.55. The van der Waals surface area contributed by atoms with E-state index in [1.807, 2.05) is 42.5 Å². The summed E-state index contributed by atoms with van der Waals surface area (Å²) in [5.41, 5.74) is 13.3. The number of rotatable bonds is 6. The van der Waals surface area contributed by atoms with Crippen molar-refractivity contribution in [1.82, 2.24) is 24.1 Å². The Hall–Kier alpha value is -8.61. The minimum absolute atomic E-state index is 0.570. The number of nitrogens with zero attached hydrogens (tertiary/aromatic N) is 5. The summed E-state index contributed by atoms with van der Waals surface area (Å²) < 4.78 is 11.4. The second kappa shape index (κ2) is 14.0. The van der Waals surface area contributed by atoms with Gasteiger partial charge in [0.05, 0.1) is 22.1 Å². The van der Waals surface area contributed by atoms with Crippen molar-refractivity contribution in [1.29, 1.82) is 0 Å². The van der Waals surface area contributed by atoms with Gasteiger partial charge in [-0.2, -0.15) is 0 Å².